The van der Waals surface area contributed by atoms with Gasteiger partial charge in [-0.05, 0) is 48.4 Å². The summed E-state index contributed by atoms with van der Waals surface area (Å²) in [6.45, 7) is 1.98. The van der Waals surface area contributed by atoms with Crippen molar-refractivity contribution in [1.29, 1.82) is 10.5 Å². The third kappa shape index (κ3) is 5.18. The average molecular weight is 358 g/mol. The van der Waals surface area contributed by atoms with Crippen LogP contribution in [-0.2, 0) is 0 Å². The molecule has 0 bridgehead atoms. The van der Waals surface area contributed by atoms with Crippen LogP contribution in [-0.4, -0.2) is 19.1 Å². The van der Waals surface area contributed by atoms with E-state index in [2.05, 4.69) is 23.3 Å². The van der Waals surface area contributed by atoms with E-state index in [1.165, 1.54) is 12.1 Å². The van der Waals surface area contributed by atoms with Gasteiger partial charge in [-0.2, -0.15) is 10.5 Å². The highest BCUT2D eigenvalue weighted by molar-refractivity contribution is 7.80. The summed E-state index contributed by atoms with van der Waals surface area (Å²) in [5.74, 6) is -1.40. The normalized spacial score (nSPS) is 15.5. The van der Waals surface area contributed by atoms with Crippen molar-refractivity contribution in [2.24, 2.45) is 0 Å². The molecule has 25 heavy (non-hydrogen) atoms. The first-order valence-electron chi connectivity index (χ1n) is 7.59. The van der Waals surface area contributed by atoms with Gasteiger partial charge in [0.1, 0.15) is 11.6 Å². The van der Waals surface area contributed by atoms with Gasteiger partial charge in [0.2, 0.25) is 0 Å². The zero-order chi connectivity index (χ0) is 18.2. The molecular formula is C18H16F2N4S. The molecule has 1 fully saturated rings. The van der Waals surface area contributed by atoms with Gasteiger partial charge in [0, 0.05) is 12.6 Å². The molecule has 0 aliphatic carbocycles. The lowest BCUT2D eigenvalue weighted by atomic mass is 10.0. The topological polar surface area (TPSA) is 71.6 Å². The van der Waals surface area contributed by atoms with E-state index in [9.17, 15) is 8.78 Å². The van der Waals surface area contributed by atoms with E-state index in [0.717, 1.165) is 19.5 Å². The van der Waals surface area contributed by atoms with Gasteiger partial charge in [0.15, 0.2) is 6.19 Å². The molecule has 1 aliphatic rings. The third-order valence-corrected chi connectivity index (χ3v) is 4.12. The van der Waals surface area contributed by atoms with Crippen molar-refractivity contribution in [3.05, 3.63) is 53.6 Å². The first kappa shape index (κ1) is 18.7. The molecule has 0 amide bonds. The summed E-state index contributed by atoms with van der Waals surface area (Å²) in [6, 6.07) is 11.3. The van der Waals surface area contributed by atoms with Crippen LogP contribution in [0.25, 0.3) is 11.1 Å². The van der Waals surface area contributed by atoms with E-state index >= 15 is 0 Å². The molecule has 1 saturated heterocycles. The van der Waals surface area contributed by atoms with Crippen LogP contribution < -0.4 is 10.6 Å². The number of hydrogen-bond acceptors (Lipinski definition) is 5. The molecule has 0 aromatic heterocycles. The van der Waals surface area contributed by atoms with Gasteiger partial charge in [-0.1, -0.05) is 12.1 Å². The van der Waals surface area contributed by atoms with Crippen LogP contribution in [0.3, 0.4) is 0 Å². The van der Waals surface area contributed by atoms with Crippen molar-refractivity contribution >= 4 is 12.6 Å². The van der Waals surface area contributed by atoms with Gasteiger partial charge in [-0.15, -0.1) is 12.6 Å². The molecule has 0 saturated carbocycles. The van der Waals surface area contributed by atoms with Crippen LogP contribution in [0, 0.1) is 34.4 Å². The van der Waals surface area contributed by atoms with Gasteiger partial charge >= 0.3 is 0 Å². The van der Waals surface area contributed by atoms with Crippen LogP contribution in [0.15, 0.2) is 41.3 Å². The van der Waals surface area contributed by atoms with Crippen molar-refractivity contribution in [3.63, 3.8) is 0 Å². The maximum atomic E-state index is 13.3. The van der Waals surface area contributed by atoms with Crippen LogP contribution in [0.1, 0.15) is 12.0 Å². The van der Waals surface area contributed by atoms with E-state index in [1.807, 2.05) is 12.3 Å². The summed E-state index contributed by atoms with van der Waals surface area (Å²) in [4.78, 5) is -0.289. The summed E-state index contributed by atoms with van der Waals surface area (Å²) >= 11 is 3.71. The second-order valence-electron chi connectivity index (χ2n) is 5.42. The molecule has 1 aliphatic heterocycles. The molecule has 4 nitrogen and oxygen atoms in total. The predicted molar refractivity (Wildman–Crippen MR) is 93.8 cm³/mol. The standard InChI is InChI=1S/C13H7F2NS.C5H9N3/c14-11-5-10(6-12(15)13(11)17)9-3-1-8(7-16)2-4-9;6-4-8-5-1-2-7-3-5/h1-6,17H;5,7-8H,1-3H2. The lowest BCUT2D eigenvalue weighted by Gasteiger charge is -2.04. The van der Waals surface area contributed by atoms with Crippen LogP contribution in [0.4, 0.5) is 8.78 Å². The van der Waals surface area contributed by atoms with Gasteiger partial charge in [0.25, 0.3) is 0 Å². The van der Waals surface area contributed by atoms with Crippen LogP contribution in [0.2, 0.25) is 0 Å². The fraction of sp³-hybridized carbons (Fsp3) is 0.222. The van der Waals surface area contributed by atoms with Crippen molar-refractivity contribution in [3.8, 4) is 23.4 Å². The molecule has 1 heterocycles. The summed E-state index contributed by atoms with van der Waals surface area (Å²) in [6.07, 6.45) is 3.00. The van der Waals surface area contributed by atoms with E-state index < -0.39 is 11.6 Å². The molecule has 2 N–H and O–H groups in total. The van der Waals surface area contributed by atoms with Gasteiger partial charge in [0.05, 0.1) is 16.5 Å². The molecule has 3 rings (SSSR count). The Labute approximate surface area is 150 Å². The molecule has 2 aromatic carbocycles. The summed E-state index contributed by atoms with van der Waals surface area (Å²) in [5.41, 5.74) is 1.57. The van der Waals surface area contributed by atoms with Crippen molar-refractivity contribution in [1.82, 2.24) is 10.6 Å². The smallest absolute Gasteiger partial charge is 0.176 e. The van der Waals surface area contributed by atoms with E-state index in [1.54, 1.807) is 24.3 Å². The quantitative estimate of drug-likeness (QED) is 0.438. The lowest BCUT2D eigenvalue weighted by molar-refractivity contribution is 0.542. The zero-order valence-electron chi connectivity index (χ0n) is 13.3. The van der Waals surface area contributed by atoms with Crippen molar-refractivity contribution < 1.29 is 8.78 Å². The lowest BCUT2D eigenvalue weighted by Crippen LogP contribution is -2.26. The van der Waals surface area contributed by atoms with Gasteiger partial charge < -0.3 is 10.6 Å². The number of nitriles is 2. The summed E-state index contributed by atoms with van der Waals surface area (Å²) in [7, 11) is 0. The SMILES string of the molecule is N#CNC1CCNC1.N#Cc1ccc(-c2cc(F)c(S)c(F)c2)cc1. The molecule has 2 aromatic rings. The molecule has 128 valence electrons. The number of nitrogens with one attached hydrogen (secondary N) is 2. The zero-order valence-corrected chi connectivity index (χ0v) is 14.2. The molecule has 0 spiro atoms. The van der Waals surface area contributed by atoms with E-state index in [-0.39, 0.29) is 4.90 Å². The van der Waals surface area contributed by atoms with Crippen LogP contribution >= 0.6 is 12.6 Å². The average Bonchev–Trinajstić information content (AvgIpc) is 3.13. The minimum atomic E-state index is -0.701. The molecule has 1 atom stereocenters. The minimum absolute atomic E-state index is 0.289. The Bertz CT molecular complexity index is 780. The Kier molecular flexibility index (Phi) is 6.76. The largest absolute Gasteiger partial charge is 0.319 e. The maximum absolute atomic E-state index is 13.3. The van der Waals surface area contributed by atoms with E-state index in [0.29, 0.717) is 22.7 Å². The summed E-state index contributed by atoms with van der Waals surface area (Å²) in [5, 5.41) is 22.6. The molecule has 1 unspecified atom stereocenters. The van der Waals surface area contributed by atoms with Gasteiger partial charge in [-0.25, -0.2) is 8.78 Å². The highest BCUT2D eigenvalue weighted by Crippen LogP contribution is 2.26. The molecule has 0 radical (unpaired) electrons. The number of thiol groups is 1. The van der Waals surface area contributed by atoms with Crippen molar-refractivity contribution in [2.75, 3.05) is 13.1 Å². The number of benzene rings is 2. The first-order valence-corrected chi connectivity index (χ1v) is 8.03. The third-order valence-electron chi connectivity index (χ3n) is 3.69. The van der Waals surface area contributed by atoms with Crippen LogP contribution in [0.5, 0.6) is 0 Å². The predicted octanol–water partition coefficient (Wildman–Crippen LogP) is 3.21. The Morgan fingerprint density at radius 3 is 2.20 bits per heavy atom. The highest BCUT2D eigenvalue weighted by atomic mass is 32.1. The second kappa shape index (κ2) is 9.03. The number of nitrogens with zero attached hydrogens (tertiary/aromatic N) is 2. The number of halogens is 2. The summed E-state index contributed by atoms with van der Waals surface area (Å²) < 4.78 is 26.6. The Hall–Kier alpha value is -2.61. The van der Waals surface area contributed by atoms with E-state index in [4.69, 9.17) is 10.5 Å². The Balaban J connectivity index is 0.000000236. The van der Waals surface area contributed by atoms with Gasteiger partial charge in [-0.3, -0.25) is 0 Å². The fourth-order valence-corrected chi connectivity index (χ4v) is 2.47. The Morgan fingerprint density at radius 2 is 1.72 bits per heavy atom. The molecule has 7 heteroatoms. The monoisotopic (exact) mass is 358 g/mol. The number of hydrogen-bond donors (Lipinski definition) is 3. The molecular weight excluding hydrogens is 342 g/mol. The highest BCUT2D eigenvalue weighted by Gasteiger charge is 2.11. The number of rotatable bonds is 2. The Morgan fingerprint density at radius 1 is 1.08 bits per heavy atom. The maximum Gasteiger partial charge on any atom is 0.176 e. The minimum Gasteiger partial charge on any atom is -0.319 e. The second-order valence-corrected chi connectivity index (χ2v) is 5.87. The van der Waals surface area contributed by atoms with Crippen molar-refractivity contribution in [2.45, 2.75) is 17.4 Å². The fourth-order valence-electron chi connectivity index (χ4n) is 2.34. The first-order chi connectivity index (χ1) is 12.0.